The van der Waals surface area contributed by atoms with Gasteiger partial charge in [-0.1, -0.05) is 5.11 Å². The summed E-state index contributed by atoms with van der Waals surface area (Å²) in [7, 11) is 2.23. The van der Waals surface area contributed by atoms with Crippen LogP contribution in [-0.2, 0) is 4.74 Å². The highest BCUT2D eigenvalue weighted by molar-refractivity contribution is 4.50. The molecule has 0 bridgehead atoms. The van der Waals surface area contributed by atoms with Gasteiger partial charge in [-0.2, -0.15) is 0 Å². The fourth-order valence-electron chi connectivity index (χ4n) is 1.58. The van der Waals surface area contributed by atoms with Crippen molar-refractivity contribution in [3.8, 4) is 0 Å². The SMILES string of the molecule is C[N+]1(CCCN=[N+]=[N-])CCOCC1. The van der Waals surface area contributed by atoms with Crippen LogP contribution < -0.4 is 0 Å². The Morgan fingerprint density at radius 3 is 2.77 bits per heavy atom. The number of azide groups is 1. The molecule has 1 rings (SSSR count). The number of hydrogen-bond acceptors (Lipinski definition) is 2. The Morgan fingerprint density at radius 1 is 1.46 bits per heavy atom. The highest BCUT2D eigenvalue weighted by atomic mass is 16.5. The van der Waals surface area contributed by atoms with E-state index in [0.29, 0.717) is 6.54 Å². The fourth-order valence-corrected chi connectivity index (χ4v) is 1.58. The summed E-state index contributed by atoms with van der Waals surface area (Å²) in [6, 6.07) is 0. The van der Waals surface area contributed by atoms with E-state index in [2.05, 4.69) is 17.1 Å². The van der Waals surface area contributed by atoms with E-state index in [0.717, 1.165) is 43.8 Å². The van der Waals surface area contributed by atoms with Crippen LogP contribution in [0, 0.1) is 0 Å². The Labute approximate surface area is 78.5 Å². The summed E-state index contributed by atoms with van der Waals surface area (Å²) in [5.74, 6) is 0. The van der Waals surface area contributed by atoms with Crippen LogP contribution in [0.1, 0.15) is 6.42 Å². The number of nitrogens with zero attached hydrogens (tertiary/aromatic N) is 4. The molecular weight excluding hydrogens is 168 g/mol. The molecule has 5 nitrogen and oxygen atoms in total. The zero-order chi connectivity index (χ0) is 9.57. The lowest BCUT2D eigenvalue weighted by Gasteiger charge is -2.37. The van der Waals surface area contributed by atoms with Gasteiger partial charge < -0.3 is 9.22 Å². The molecule has 0 amide bonds. The van der Waals surface area contributed by atoms with Crippen LogP contribution in [0.3, 0.4) is 0 Å². The second-order valence-corrected chi connectivity index (χ2v) is 3.71. The van der Waals surface area contributed by atoms with Gasteiger partial charge in [-0.05, 0) is 5.53 Å². The largest absolute Gasteiger partial charge is 0.370 e. The van der Waals surface area contributed by atoms with Crippen molar-refractivity contribution in [3.63, 3.8) is 0 Å². The van der Waals surface area contributed by atoms with E-state index in [1.807, 2.05) is 0 Å². The van der Waals surface area contributed by atoms with Crippen LogP contribution in [0.25, 0.3) is 10.4 Å². The molecule has 0 atom stereocenters. The Morgan fingerprint density at radius 2 is 2.15 bits per heavy atom. The van der Waals surface area contributed by atoms with Crippen molar-refractivity contribution in [3.05, 3.63) is 10.4 Å². The van der Waals surface area contributed by atoms with E-state index in [1.54, 1.807) is 0 Å². The zero-order valence-corrected chi connectivity index (χ0v) is 8.15. The monoisotopic (exact) mass is 185 g/mol. The van der Waals surface area contributed by atoms with Crippen LogP contribution in [0.5, 0.6) is 0 Å². The van der Waals surface area contributed by atoms with Gasteiger partial charge in [0, 0.05) is 17.9 Å². The van der Waals surface area contributed by atoms with Gasteiger partial charge in [0.1, 0.15) is 13.1 Å². The molecule has 0 N–H and O–H groups in total. The van der Waals surface area contributed by atoms with Gasteiger partial charge in [0.2, 0.25) is 0 Å². The number of rotatable bonds is 4. The molecule has 1 saturated heterocycles. The third kappa shape index (κ3) is 3.63. The lowest BCUT2D eigenvalue weighted by molar-refractivity contribution is -0.916. The van der Waals surface area contributed by atoms with Gasteiger partial charge in [0.25, 0.3) is 0 Å². The first kappa shape index (κ1) is 10.3. The summed E-state index contributed by atoms with van der Waals surface area (Å²) < 4.78 is 6.35. The van der Waals surface area contributed by atoms with Crippen LogP contribution in [0.15, 0.2) is 5.11 Å². The summed E-state index contributed by atoms with van der Waals surface area (Å²) in [6.45, 7) is 5.58. The molecule has 13 heavy (non-hydrogen) atoms. The first-order valence-electron chi connectivity index (χ1n) is 4.69. The number of morpholine rings is 1. The Hall–Kier alpha value is -0.770. The summed E-state index contributed by atoms with van der Waals surface area (Å²) in [4.78, 5) is 2.73. The molecule has 0 saturated carbocycles. The molecule has 1 fully saturated rings. The molecule has 1 aliphatic heterocycles. The van der Waals surface area contributed by atoms with Crippen LogP contribution >= 0.6 is 0 Å². The number of quaternary nitrogens is 1. The Balaban J connectivity index is 2.20. The van der Waals surface area contributed by atoms with E-state index >= 15 is 0 Å². The zero-order valence-electron chi connectivity index (χ0n) is 8.15. The van der Waals surface area contributed by atoms with Gasteiger partial charge >= 0.3 is 0 Å². The summed E-state index contributed by atoms with van der Waals surface area (Å²) in [5.41, 5.74) is 8.10. The van der Waals surface area contributed by atoms with Crippen molar-refractivity contribution in [1.82, 2.24) is 0 Å². The molecule has 74 valence electrons. The predicted molar refractivity (Wildman–Crippen MR) is 50.2 cm³/mol. The molecule has 0 aromatic rings. The maximum absolute atomic E-state index is 8.10. The first-order chi connectivity index (χ1) is 6.27. The molecule has 1 aliphatic rings. The number of ether oxygens (including phenoxy) is 1. The lowest BCUT2D eigenvalue weighted by Crippen LogP contribution is -2.52. The van der Waals surface area contributed by atoms with Crippen molar-refractivity contribution in [1.29, 1.82) is 0 Å². The third-order valence-electron chi connectivity index (χ3n) is 2.57. The quantitative estimate of drug-likeness (QED) is 0.213. The smallest absolute Gasteiger partial charge is 0.102 e. The Bertz CT molecular complexity index is 194. The van der Waals surface area contributed by atoms with E-state index in [9.17, 15) is 0 Å². The average Bonchev–Trinajstić information content (AvgIpc) is 2.14. The minimum absolute atomic E-state index is 0.616. The van der Waals surface area contributed by atoms with Crippen LogP contribution in [0.4, 0.5) is 0 Å². The van der Waals surface area contributed by atoms with E-state index < -0.39 is 0 Å². The molecule has 0 unspecified atom stereocenters. The summed E-state index contributed by atoms with van der Waals surface area (Å²) >= 11 is 0. The normalized spacial score (nSPS) is 20.7. The van der Waals surface area contributed by atoms with Crippen molar-refractivity contribution >= 4 is 0 Å². The van der Waals surface area contributed by atoms with Gasteiger partial charge in [0.05, 0.1) is 26.8 Å². The average molecular weight is 185 g/mol. The van der Waals surface area contributed by atoms with E-state index in [4.69, 9.17) is 10.3 Å². The highest BCUT2D eigenvalue weighted by Gasteiger charge is 2.23. The van der Waals surface area contributed by atoms with Crippen molar-refractivity contribution < 1.29 is 9.22 Å². The molecule has 0 aromatic heterocycles. The fraction of sp³-hybridized carbons (Fsp3) is 1.00. The first-order valence-corrected chi connectivity index (χ1v) is 4.69. The molecule has 0 spiro atoms. The van der Waals surface area contributed by atoms with E-state index in [1.165, 1.54) is 0 Å². The van der Waals surface area contributed by atoms with Crippen LogP contribution in [0.2, 0.25) is 0 Å². The third-order valence-corrected chi connectivity index (χ3v) is 2.57. The van der Waals surface area contributed by atoms with Gasteiger partial charge in [-0.15, -0.1) is 0 Å². The van der Waals surface area contributed by atoms with Crippen molar-refractivity contribution in [2.75, 3.05) is 46.4 Å². The highest BCUT2D eigenvalue weighted by Crippen LogP contribution is 2.08. The standard InChI is InChI=1S/C8H17N4O/c1-12(4-2-3-10-11-9)5-7-13-8-6-12/h2-8H2,1H3/q+1. The molecule has 1 heterocycles. The molecule has 0 aliphatic carbocycles. The second-order valence-electron chi connectivity index (χ2n) is 3.71. The number of hydrogen-bond donors (Lipinski definition) is 0. The predicted octanol–water partition coefficient (Wildman–Crippen LogP) is 1.16. The van der Waals surface area contributed by atoms with Crippen molar-refractivity contribution in [2.24, 2.45) is 5.11 Å². The van der Waals surface area contributed by atoms with Gasteiger partial charge in [0.15, 0.2) is 0 Å². The van der Waals surface area contributed by atoms with Gasteiger partial charge in [-0.25, -0.2) is 0 Å². The lowest BCUT2D eigenvalue weighted by atomic mass is 10.3. The molecule has 5 heteroatoms. The van der Waals surface area contributed by atoms with Crippen molar-refractivity contribution in [2.45, 2.75) is 6.42 Å². The molecular formula is C8H17N4O+. The Kier molecular flexibility index (Phi) is 4.02. The van der Waals surface area contributed by atoms with Gasteiger partial charge in [-0.3, -0.25) is 0 Å². The maximum atomic E-state index is 8.10. The molecule has 0 aromatic carbocycles. The maximum Gasteiger partial charge on any atom is 0.102 e. The molecule has 0 radical (unpaired) electrons. The van der Waals surface area contributed by atoms with Crippen LogP contribution in [-0.4, -0.2) is 50.9 Å². The van der Waals surface area contributed by atoms with E-state index in [-0.39, 0.29) is 0 Å². The minimum atomic E-state index is 0.616. The summed E-state index contributed by atoms with van der Waals surface area (Å²) in [6.07, 6.45) is 0.973. The minimum Gasteiger partial charge on any atom is -0.370 e. The second kappa shape index (κ2) is 5.07. The summed E-state index contributed by atoms with van der Waals surface area (Å²) in [5, 5.41) is 3.53. The topological polar surface area (TPSA) is 58.0 Å². The number of likely N-dealkylation sites (N-methyl/N-ethyl adjacent to an activating group) is 1.